The Morgan fingerprint density at radius 2 is 2.64 bits per heavy atom. The van der Waals surface area contributed by atoms with Crippen LogP contribution in [0, 0.1) is 0 Å². The van der Waals surface area contributed by atoms with Crippen LogP contribution in [0.4, 0.5) is 5.69 Å². The molecular weight excluding hydrogens is 142 g/mol. The van der Waals surface area contributed by atoms with E-state index in [1.165, 1.54) is 0 Å². The third-order valence-electron chi connectivity index (χ3n) is 1.90. The van der Waals surface area contributed by atoms with E-state index in [1.54, 1.807) is 6.20 Å². The van der Waals surface area contributed by atoms with E-state index in [0.717, 1.165) is 25.3 Å². The number of anilines is 1. The van der Waals surface area contributed by atoms with Crippen molar-refractivity contribution in [1.82, 2.24) is 9.78 Å². The predicted octanol–water partition coefficient (Wildman–Crippen LogP) is 0.427. The predicted molar refractivity (Wildman–Crippen MR) is 41.1 cm³/mol. The summed E-state index contributed by atoms with van der Waals surface area (Å²) in [6, 6.07) is 0.396. The molecule has 4 heteroatoms. The molecule has 0 spiro atoms. The Kier molecular flexibility index (Phi) is 1.54. The number of nitrogens with zero attached hydrogens (tertiary/aromatic N) is 2. The summed E-state index contributed by atoms with van der Waals surface area (Å²) in [6.45, 7) is 1.60. The molecule has 4 nitrogen and oxygen atoms in total. The minimum absolute atomic E-state index is 0.396. The van der Waals surface area contributed by atoms with Gasteiger partial charge in [-0.2, -0.15) is 5.10 Å². The lowest BCUT2D eigenvalue weighted by Crippen LogP contribution is -2.08. The number of ether oxygens (including phenoxy) is 1. The molecule has 0 aromatic carbocycles. The maximum Gasteiger partial charge on any atom is 0.0775 e. The smallest absolute Gasteiger partial charge is 0.0775 e. The first-order valence-corrected chi connectivity index (χ1v) is 3.73. The van der Waals surface area contributed by atoms with Gasteiger partial charge in [0.05, 0.1) is 24.5 Å². The Hall–Kier alpha value is -1.03. The van der Waals surface area contributed by atoms with Crippen molar-refractivity contribution in [1.29, 1.82) is 0 Å². The molecular formula is C7H11N3O. The van der Waals surface area contributed by atoms with Gasteiger partial charge >= 0.3 is 0 Å². The first kappa shape index (κ1) is 6.67. The summed E-state index contributed by atoms with van der Waals surface area (Å²) in [5, 5.41) is 4.11. The molecule has 60 valence electrons. The number of hydrogen-bond donors (Lipinski definition) is 1. The van der Waals surface area contributed by atoms with Crippen molar-refractivity contribution in [2.75, 3.05) is 18.9 Å². The topological polar surface area (TPSA) is 53.1 Å². The van der Waals surface area contributed by atoms with E-state index in [1.807, 2.05) is 10.9 Å². The molecule has 1 aliphatic rings. The van der Waals surface area contributed by atoms with Crippen LogP contribution in [0.15, 0.2) is 12.4 Å². The van der Waals surface area contributed by atoms with Crippen molar-refractivity contribution in [3.05, 3.63) is 12.4 Å². The van der Waals surface area contributed by atoms with Crippen LogP contribution in [0.3, 0.4) is 0 Å². The van der Waals surface area contributed by atoms with Crippen LogP contribution in [-0.2, 0) is 4.74 Å². The molecule has 0 bridgehead atoms. The summed E-state index contributed by atoms with van der Waals surface area (Å²) in [6.07, 6.45) is 4.55. The van der Waals surface area contributed by atoms with Crippen LogP contribution < -0.4 is 5.73 Å². The van der Waals surface area contributed by atoms with Gasteiger partial charge < -0.3 is 10.5 Å². The van der Waals surface area contributed by atoms with Gasteiger partial charge in [0.15, 0.2) is 0 Å². The van der Waals surface area contributed by atoms with E-state index in [2.05, 4.69) is 5.10 Å². The molecule has 0 aliphatic carbocycles. The molecule has 1 aromatic heterocycles. The summed E-state index contributed by atoms with van der Waals surface area (Å²) in [7, 11) is 0. The first-order chi connectivity index (χ1) is 5.36. The zero-order chi connectivity index (χ0) is 7.68. The average Bonchev–Trinajstić information content (AvgIpc) is 2.55. The quantitative estimate of drug-likeness (QED) is 0.636. The highest BCUT2D eigenvalue weighted by atomic mass is 16.5. The van der Waals surface area contributed by atoms with Gasteiger partial charge in [0, 0.05) is 12.8 Å². The normalized spacial score (nSPS) is 24.2. The molecule has 1 aliphatic heterocycles. The highest BCUT2D eigenvalue weighted by Crippen LogP contribution is 2.18. The van der Waals surface area contributed by atoms with Crippen molar-refractivity contribution >= 4 is 5.69 Å². The van der Waals surface area contributed by atoms with Crippen molar-refractivity contribution in [3.8, 4) is 0 Å². The largest absolute Gasteiger partial charge is 0.396 e. The summed E-state index contributed by atoms with van der Waals surface area (Å²) >= 11 is 0. The molecule has 1 unspecified atom stereocenters. The average molecular weight is 153 g/mol. The van der Waals surface area contributed by atoms with E-state index in [9.17, 15) is 0 Å². The lowest BCUT2D eigenvalue weighted by atomic mass is 10.3. The van der Waals surface area contributed by atoms with Crippen LogP contribution >= 0.6 is 0 Å². The van der Waals surface area contributed by atoms with Crippen LogP contribution in [-0.4, -0.2) is 23.0 Å². The van der Waals surface area contributed by atoms with Crippen molar-refractivity contribution in [3.63, 3.8) is 0 Å². The summed E-state index contributed by atoms with van der Waals surface area (Å²) < 4.78 is 7.10. The summed E-state index contributed by atoms with van der Waals surface area (Å²) in [4.78, 5) is 0. The Bertz CT molecular complexity index is 240. The SMILES string of the molecule is Nc1cnn(C2CCOC2)c1. The zero-order valence-corrected chi connectivity index (χ0v) is 6.23. The number of nitrogen functional groups attached to an aromatic ring is 1. The van der Waals surface area contributed by atoms with Gasteiger partial charge in [-0.15, -0.1) is 0 Å². The van der Waals surface area contributed by atoms with Gasteiger partial charge in [-0.25, -0.2) is 0 Å². The molecule has 2 rings (SSSR count). The molecule has 1 aromatic rings. The molecule has 0 saturated carbocycles. The molecule has 0 amide bonds. The number of hydrogen-bond acceptors (Lipinski definition) is 3. The standard InChI is InChI=1S/C7H11N3O/c8-6-3-9-10(4-6)7-1-2-11-5-7/h3-4,7H,1-2,5,8H2. The zero-order valence-electron chi connectivity index (χ0n) is 6.23. The van der Waals surface area contributed by atoms with Gasteiger partial charge in [-0.05, 0) is 6.42 Å². The lowest BCUT2D eigenvalue weighted by Gasteiger charge is -2.06. The molecule has 1 fully saturated rings. The van der Waals surface area contributed by atoms with Gasteiger partial charge in [0.25, 0.3) is 0 Å². The van der Waals surface area contributed by atoms with Crippen LogP contribution in [0.2, 0.25) is 0 Å². The van der Waals surface area contributed by atoms with Crippen LogP contribution in [0.1, 0.15) is 12.5 Å². The van der Waals surface area contributed by atoms with Crippen molar-refractivity contribution in [2.24, 2.45) is 0 Å². The number of nitrogens with two attached hydrogens (primary N) is 1. The maximum atomic E-state index is 5.52. The van der Waals surface area contributed by atoms with Crippen molar-refractivity contribution in [2.45, 2.75) is 12.5 Å². The second kappa shape index (κ2) is 2.54. The van der Waals surface area contributed by atoms with Gasteiger partial charge in [-0.3, -0.25) is 4.68 Å². The van der Waals surface area contributed by atoms with Crippen molar-refractivity contribution < 1.29 is 4.74 Å². The fraction of sp³-hybridized carbons (Fsp3) is 0.571. The van der Waals surface area contributed by atoms with E-state index in [4.69, 9.17) is 10.5 Å². The molecule has 1 atom stereocenters. The minimum atomic E-state index is 0.396. The number of rotatable bonds is 1. The van der Waals surface area contributed by atoms with Crippen LogP contribution in [0.5, 0.6) is 0 Å². The Balaban J connectivity index is 2.15. The molecule has 11 heavy (non-hydrogen) atoms. The lowest BCUT2D eigenvalue weighted by molar-refractivity contribution is 0.184. The molecule has 2 N–H and O–H groups in total. The van der Waals surface area contributed by atoms with Gasteiger partial charge in [0.1, 0.15) is 0 Å². The van der Waals surface area contributed by atoms with E-state index in [0.29, 0.717) is 6.04 Å². The first-order valence-electron chi connectivity index (χ1n) is 3.73. The maximum absolute atomic E-state index is 5.52. The fourth-order valence-corrected chi connectivity index (χ4v) is 1.28. The molecule has 0 radical (unpaired) electrons. The minimum Gasteiger partial charge on any atom is -0.396 e. The highest BCUT2D eigenvalue weighted by molar-refractivity contribution is 5.30. The Morgan fingerprint density at radius 1 is 1.73 bits per heavy atom. The monoisotopic (exact) mass is 153 g/mol. The van der Waals surface area contributed by atoms with E-state index < -0.39 is 0 Å². The fourth-order valence-electron chi connectivity index (χ4n) is 1.28. The molecule has 2 heterocycles. The second-order valence-corrected chi connectivity index (χ2v) is 2.77. The second-order valence-electron chi connectivity index (χ2n) is 2.77. The van der Waals surface area contributed by atoms with Gasteiger partial charge in [0.2, 0.25) is 0 Å². The third kappa shape index (κ3) is 1.21. The summed E-state index contributed by atoms with van der Waals surface area (Å²) in [5.74, 6) is 0. The van der Waals surface area contributed by atoms with E-state index in [-0.39, 0.29) is 0 Å². The Labute approximate surface area is 64.9 Å². The Morgan fingerprint density at radius 3 is 3.18 bits per heavy atom. The molecule has 1 saturated heterocycles. The summed E-state index contributed by atoms with van der Waals surface area (Å²) in [5.41, 5.74) is 6.24. The van der Waals surface area contributed by atoms with E-state index >= 15 is 0 Å². The number of aromatic nitrogens is 2. The third-order valence-corrected chi connectivity index (χ3v) is 1.90. The van der Waals surface area contributed by atoms with Gasteiger partial charge in [-0.1, -0.05) is 0 Å². The van der Waals surface area contributed by atoms with Crippen LogP contribution in [0.25, 0.3) is 0 Å². The highest BCUT2D eigenvalue weighted by Gasteiger charge is 2.17.